The summed E-state index contributed by atoms with van der Waals surface area (Å²) in [5, 5.41) is 10.6. The highest BCUT2D eigenvalue weighted by molar-refractivity contribution is 5.44. The van der Waals surface area contributed by atoms with Crippen molar-refractivity contribution in [3.63, 3.8) is 0 Å². The smallest absolute Gasteiger partial charge is 0.137 e. The van der Waals surface area contributed by atoms with Gasteiger partial charge in [0.25, 0.3) is 0 Å². The number of ether oxygens (including phenoxy) is 2. The van der Waals surface area contributed by atoms with E-state index in [0.29, 0.717) is 11.0 Å². The highest BCUT2D eigenvalue weighted by atomic mass is 16.5. The van der Waals surface area contributed by atoms with Gasteiger partial charge in [0.05, 0.1) is 21.2 Å². The zero-order valence-corrected chi connectivity index (χ0v) is 17.5. The van der Waals surface area contributed by atoms with Gasteiger partial charge in [0, 0.05) is 11.1 Å². The van der Waals surface area contributed by atoms with Crippen LogP contribution in [0.5, 0.6) is 11.5 Å². The molecule has 0 aromatic heterocycles. The number of likely N-dealkylation sites (N-methyl/N-ethyl adjacent to an activating group) is 1. The number of methoxy groups -OCH3 is 1. The van der Waals surface area contributed by atoms with Crippen LogP contribution in [-0.4, -0.2) is 50.1 Å². The molecule has 2 rings (SSSR count). The minimum atomic E-state index is -0.543. The maximum atomic E-state index is 10.6. The molecule has 148 valence electrons. The molecule has 0 saturated carbocycles. The Bertz CT molecular complexity index is 720. The topological polar surface area (TPSA) is 38.7 Å². The second-order valence-electron chi connectivity index (χ2n) is 8.84. The molecule has 2 aromatic carbocycles. The molecular formula is C23H34NO3+. The van der Waals surface area contributed by atoms with E-state index in [1.165, 1.54) is 5.56 Å². The average Bonchev–Trinajstić information content (AvgIpc) is 2.59. The Morgan fingerprint density at radius 3 is 2.30 bits per heavy atom. The molecule has 0 amide bonds. The monoisotopic (exact) mass is 372 g/mol. The summed E-state index contributed by atoms with van der Waals surface area (Å²) < 4.78 is 12.0. The standard InChI is InChI=1S/C23H34NO3/c1-23(2,3)21-14-20(26-6)12-13-22(21)27-17-19(25)16-24(4,5)15-18-10-8-7-9-11-18/h7-14,19,25H,15-17H2,1-6H3/q+1. The quantitative estimate of drug-likeness (QED) is 0.712. The summed E-state index contributed by atoms with van der Waals surface area (Å²) in [6, 6.07) is 16.2. The molecule has 4 nitrogen and oxygen atoms in total. The van der Waals surface area contributed by atoms with Crippen LogP contribution >= 0.6 is 0 Å². The third-order valence-electron chi connectivity index (χ3n) is 4.58. The van der Waals surface area contributed by atoms with Crippen LogP contribution in [-0.2, 0) is 12.0 Å². The van der Waals surface area contributed by atoms with Crippen molar-refractivity contribution in [2.75, 3.05) is 34.4 Å². The minimum Gasteiger partial charge on any atom is -0.497 e. The summed E-state index contributed by atoms with van der Waals surface area (Å²) in [6.45, 7) is 8.19. The van der Waals surface area contributed by atoms with Crippen LogP contribution in [0, 0.1) is 0 Å². The Balaban J connectivity index is 2.00. The normalized spacial score (nSPS) is 13.3. The second kappa shape index (κ2) is 8.77. The summed E-state index contributed by atoms with van der Waals surface area (Å²) in [4.78, 5) is 0. The predicted molar refractivity (Wildman–Crippen MR) is 110 cm³/mol. The first-order valence-corrected chi connectivity index (χ1v) is 9.46. The van der Waals surface area contributed by atoms with Gasteiger partial charge in [0.15, 0.2) is 0 Å². The van der Waals surface area contributed by atoms with E-state index in [1.54, 1.807) is 7.11 Å². The van der Waals surface area contributed by atoms with Crippen molar-refractivity contribution in [2.45, 2.75) is 38.8 Å². The van der Waals surface area contributed by atoms with Gasteiger partial charge in [-0.05, 0) is 23.6 Å². The predicted octanol–water partition coefficient (Wildman–Crippen LogP) is 4.01. The number of benzene rings is 2. The fourth-order valence-corrected chi connectivity index (χ4v) is 3.30. The number of hydrogen-bond donors (Lipinski definition) is 1. The third kappa shape index (κ3) is 6.56. The van der Waals surface area contributed by atoms with Crippen LogP contribution in [0.1, 0.15) is 31.9 Å². The Hall–Kier alpha value is -2.04. The van der Waals surface area contributed by atoms with Crippen molar-refractivity contribution < 1.29 is 19.1 Å². The lowest BCUT2D eigenvalue weighted by Crippen LogP contribution is -2.46. The van der Waals surface area contributed by atoms with Crippen LogP contribution in [0.2, 0.25) is 0 Å². The van der Waals surface area contributed by atoms with Crippen LogP contribution < -0.4 is 9.47 Å². The lowest BCUT2D eigenvalue weighted by atomic mass is 9.86. The SMILES string of the molecule is COc1ccc(OCC(O)C[N+](C)(C)Cc2ccccc2)c(C(C)(C)C)c1. The summed E-state index contributed by atoms with van der Waals surface area (Å²) in [6.07, 6.45) is -0.543. The molecule has 2 aromatic rings. The largest absolute Gasteiger partial charge is 0.497 e. The average molecular weight is 373 g/mol. The zero-order chi connectivity index (χ0) is 20.1. The Kier molecular flexibility index (Phi) is 6.90. The van der Waals surface area contributed by atoms with Crippen LogP contribution in [0.25, 0.3) is 0 Å². The summed E-state index contributed by atoms with van der Waals surface area (Å²) in [5.74, 6) is 1.62. The maximum Gasteiger partial charge on any atom is 0.137 e. The van der Waals surface area contributed by atoms with Crippen molar-refractivity contribution in [3.05, 3.63) is 59.7 Å². The van der Waals surface area contributed by atoms with E-state index >= 15 is 0 Å². The van der Waals surface area contributed by atoms with Gasteiger partial charge in [-0.1, -0.05) is 51.1 Å². The van der Waals surface area contributed by atoms with Gasteiger partial charge in [-0.15, -0.1) is 0 Å². The molecule has 1 atom stereocenters. The van der Waals surface area contributed by atoms with Gasteiger partial charge in [-0.25, -0.2) is 0 Å². The van der Waals surface area contributed by atoms with Crippen molar-refractivity contribution in [2.24, 2.45) is 0 Å². The number of quaternary nitrogens is 1. The fourth-order valence-electron chi connectivity index (χ4n) is 3.30. The minimum absolute atomic E-state index is 0.0720. The molecule has 0 aliphatic carbocycles. The number of rotatable bonds is 8. The number of aliphatic hydroxyl groups excluding tert-OH is 1. The van der Waals surface area contributed by atoms with Crippen LogP contribution in [0.3, 0.4) is 0 Å². The van der Waals surface area contributed by atoms with E-state index in [0.717, 1.165) is 23.6 Å². The zero-order valence-electron chi connectivity index (χ0n) is 17.5. The van der Waals surface area contributed by atoms with Gasteiger partial charge >= 0.3 is 0 Å². The van der Waals surface area contributed by atoms with E-state index in [1.807, 2.05) is 36.4 Å². The molecule has 1 unspecified atom stereocenters. The number of aliphatic hydroxyl groups is 1. The first-order valence-electron chi connectivity index (χ1n) is 9.46. The van der Waals surface area contributed by atoms with E-state index in [4.69, 9.17) is 9.47 Å². The molecule has 0 radical (unpaired) electrons. The van der Waals surface area contributed by atoms with Gasteiger partial charge < -0.3 is 19.1 Å². The fraction of sp³-hybridized carbons (Fsp3) is 0.478. The van der Waals surface area contributed by atoms with Gasteiger partial charge in [-0.3, -0.25) is 0 Å². The van der Waals surface area contributed by atoms with Gasteiger partial charge in [0.2, 0.25) is 0 Å². The van der Waals surface area contributed by atoms with Crippen molar-refractivity contribution in [1.29, 1.82) is 0 Å². The number of hydrogen-bond acceptors (Lipinski definition) is 3. The van der Waals surface area contributed by atoms with Crippen molar-refractivity contribution >= 4 is 0 Å². The van der Waals surface area contributed by atoms with Crippen LogP contribution in [0.4, 0.5) is 0 Å². The van der Waals surface area contributed by atoms with E-state index < -0.39 is 6.10 Å². The lowest BCUT2D eigenvalue weighted by molar-refractivity contribution is -0.906. The molecule has 4 heteroatoms. The van der Waals surface area contributed by atoms with Gasteiger partial charge in [0.1, 0.15) is 37.3 Å². The van der Waals surface area contributed by atoms with Crippen molar-refractivity contribution in [3.8, 4) is 11.5 Å². The van der Waals surface area contributed by atoms with E-state index in [-0.39, 0.29) is 12.0 Å². The molecule has 0 spiro atoms. The van der Waals surface area contributed by atoms with E-state index in [2.05, 4.69) is 47.0 Å². The van der Waals surface area contributed by atoms with Crippen molar-refractivity contribution in [1.82, 2.24) is 0 Å². The lowest BCUT2D eigenvalue weighted by Gasteiger charge is -2.32. The molecule has 0 aliphatic heterocycles. The molecule has 0 fully saturated rings. The summed E-state index contributed by atoms with van der Waals surface area (Å²) >= 11 is 0. The molecule has 0 bridgehead atoms. The third-order valence-corrected chi connectivity index (χ3v) is 4.58. The molecule has 1 N–H and O–H groups in total. The molecular weight excluding hydrogens is 338 g/mol. The number of nitrogens with zero attached hydrogens (tertiary/aromatic N) is 1. The van der Waals surface area contributed by atoms with E-state index in [9.17, 15) is 5.11 Å². The Morgan fingerprint density at radius 1 is 1.04 bits per heavy atom. The van der Waals surface area contributed by atoms with Crippen LogP contribution in [0.15, 0.2) is 48.5 Å². The first-order chi connectivity index (χ1) is 12.6. The summed E-state index contributed by atoms with van der Waals surface area (Å²) in [5.41, 5.74) is 2.27. The maximum absolute atomic E-state index is 10.6. The Labute approximate surface area is 163 Å². The molecule has 0 saturated heterocycles. The Morgan fingerprint density at radius 2 is 1.70 bits per heavy atom. The van der Waals surface area contributed by atoms with Gasteiger partial charge in [-0.2, -0.15) is 0 Å². The second-order valence-corrected chi connectivity index (χ2v) is 8.84. The highest BCUT2D eigenvalue weighted by Crippen LogP contribution is 2.34. The summed E-state index contributed by atoms with van der Waals surface area (Å²) in [7, 11) is 5.92. The molecule has 0 heterocycles. The molecule has 27 heavy (non-hydrogen) atoms. The first kappa shape index (κ1) is 21.3. The highest BCUT2D eigenvalue weighted by Gasteiger charge is 2.24. The molecule has 0 aliphatic rings.